The molecule has 0 spiro atoms. The Bertz CT molecular complexity index is 3410. The average Bonchev–Trinajstić information content (AvgIpc) is 3.38. The number of hydrogen-bond acceptors (Lipinski definition) is 11. The molecular formula is C70H85N6O5P. The summed E-state index contributed by atoms with van der Waals surface area (Å²) < 4.78 is 5.61. The fourth-order valence-electron chi connectivity index (χ4n) is 12.0. The van der Waals surface area contributed by atoms with Crippen molar-refractivity contribution in [3.05, 3.63) is 154 Å². The van der Waals surface area contributed by atoms with Crippen molar-refractivity contribution in [2.24, 2.45) is 11.3 Å². The lowest BCUT2D eigenvalue weighted by Crippen LogP contribution is -2.17. The average molecular weight is 1120 g/mol. The molecule has 430 valence electrons. The third kappa shape index (κ3) is 14.6. The highest BCUT2D eigenvalue weighted by molar-refractivity contribution is 6.92. The summed E-state index contributed by atoms with van der Waals surface area (Å²) in [6.07, 6.45) is 19.7. The van der Waals surface area contributed by atoms with Crippen molar-refractivity contribution in [2.45, 2.75) is 165 Å². The number of aromatic nitrogens is 6. The molecule has 3 N–H and O–H groups in total. The highest BCUT2D eigenvalue weighted by Crippen LogP contribution is 2.38. The maximum atomic E-state index is 12.6. The number of phenols is 3. The second kappa shape index (κ2) is 27.1. The molecule has 4 aliphatic rings. The number of aromatic hydroxyl groups is 3. The quantitative estimate of drug-likeness (QED) is 0.0678. The molecule has 0 fully saturated rings. The van der Waals surface area contributed by atoms with Crippen LogP contribution in [0.4, 0.5) is 0 Å². The molecule has 11 nitrogen and oxygen atoms in total. The zero-order chi connectivity index (χ0) is 55.9. The van der Waals surface area contributed by atoms with E-state index in [0.717, 1.165) is 80.0 Å². The van der Waals surface area contributed by atoms with Crippen molar-refractivity contribution in [3.63, 3.8) is 0 Å². The standard InChI is InChI=1S/C38H43N3O3.C29H27N3O2.C2H6.CH4.H3P.H2/c1-24(23-38(2,3)4)19-34(43)44-31-17-18-32(33(42)22-31)37-40-35(29-15-13-25-9-5-7-11-27(25)20-29)39-36(41-37)30-16-14-26-10-6-8-12-28(26)21-30;33-24-13-14-25(26(34)17-24)29-31-27(22-11-9-18-5-1-3-7-20(18)15-22)30-28(32-29)23-12-10-19-6-2-4-8-21(19)16-23;1-2;;;/h13-18,20-22,24,42H,5-12,19,23H2,1-4H3;9-17,33-34H,1-8H2;1-2H3;1H4;1H3;1H/i;;;;;1+1. The van der Waals surface area contributed by atoms with Gasteiger partial charge >= 0.3 is 5.97 Å². The van der Waals surface area contributed by atoms with Crippen LogP contribution in [0, 0.1) is 11.3 Å². The molecule has 8 aromatic rings. The minimum absolute atomic E-state index is 0. The van der Waals surface area contributed by atoms with Gasteiger partial charge in [0.15, 0.2) is 34.9 Å². The normalized spacial score (nSPS) is 14.5. The Balaban J connectivity index is 0.000000230. The van der Waals surface area contributed by atoms with Crippen molar-refractivity contribution in [1.29, 1.82) is 0 Å². The first kappa shape index (κ1) is 60.7. The number of rotatable bonds is 10. The minimum atomic E-state index is -0.307. The second-order valence-corrected chi connectivity index (χ2v) is 23.3. The van der Waals surface area contributed by atoms with Crippen LogP contribution in [-0.2, 0) is 56.2 Å². The number of carbonyl (C=O) groups is 1. The largest absolute Gasteiger partial charge is 0.508 e. The zero-order valence-electron chi connectivity index (χ0n) is 48.2. The van der Waals surface area contributed by atoms with Crippen LogP contribution in [0.25, 0.3) is 68.3 Å². The van der Waals surface area contributed by atoms with Crippen molar-refractivity contribution < 1.29 is 26.3 Å². The van der Waals surface area contributed by atoms with E-state index in [2.05, 4.69) is 100 Å². The molecule has 0 radical (unpaired) electrons. The number of fused-ring (bicyclic) bond motifs is 4. The van der Waals surface area contributed by atoms with Crippen molar-refractivity contribution in [2.75, 3.05) is 0 Å². The van der Waals surface area contributed by atoms with E-state index < -0.39 is 0 Å². The van der Waals surface area contributed by atoms with Gasteiger partial charge in [0.2, 0.25) is 0 Å². The predicted molar refractivity (Wildman–Crippen MR) is 339 cm³/mol. The summed E-state index contributed by atoms with van der Waals surface area (Å²) in [5.41, 5.74) is 16.0. The van der Waals surface area contributed by atoms with Gasteiger partial charge in [0.25, 0.3) is 0 Å². The Morgan fingerprint density at radius 1 is 0.463 bits per heavy atom. The highest BCUT2D eigenvalue weighted by atomic mass is 31.0. The molecule has 0 saturated heterocycles. The van der Waals surface area contributed by atoms with Crippen LogP contribution < -0.4 is 4.74 Å². The Morgan fingerprint density at radius 2 is 0.780 bits per heavy atom. The van der Waals surface area contributed by atoms with Gasteiger partial charge in [-0.05, 0) is 214 Å². The molecule has 2 unspecified atom stereocenters. The third-order valence-corrected chi connectivity index (χ3v) is 15.8. The molecule has 4 aliphatic carbocycles. The molecule has 0 aliphatic heterocycles. The summed E-state index contributed by atoms with van der Waals surface area (Å²) in [6.45, 7) is 12.6. The molecular weight excluding hydrogens is 1040 g/mol. The molecule has 82 heavy (non-hydrogen) atoms. The predicted octanol–water partition coefficient (Wildman–Crippen LogP) is 16.7. The van der Waals surface area contributed by atoms with E-state index >= 15 is 0 Å². The van der Waals surface area contributed by atoms with Crippen LogP contribution in [-0.4, -0.2) is 51.2 Å². The van der Waals surface area contributed by atoms with Gasteiger partial charge in [-0.3, -0.25) is 4.79 Å². The number of ether oxygens (including phenoxy) is 1. The van der Waals surface area contributed by atoms with Gasteiger partial charge < -0.3 is 20.1 Å². The van der Waals surface area contributed by atoms with Crippen LogP contribution in [0.3, 0.4) is 0 Å². The Hall–Kier alpha value is -7.36. The van der Waals surface area contributed by atoms with E-state index in [1.165, 1.54) is 114 Å². The van der Waals surface area contributed by atoms with E-state index in [1.807, 2.05) is 13.8 Å². The molecule has 6 aromatic carbocycles. The smallest absolute Gasteiger partial charge is 0.311 e. The lowest BCUT2D eigenvalue weighted by molar-refractivity contribution is -0.135. The van der Waals surface area contributed by atoms with Gasteiger partial charge in [-0.1, -0.05) is 97.5 Å². The highest BCUT2D eigenvalue weighted by Gasteiger charge is 2.23. The maximum Gasteiger partial charge on any atom is 0.311 e. The Kier molecular flexibility index (Phi) is 20.1. The number of nitrogens with zero attached hydrogens (tertiary/aromatic N) is 6. The number of benzene rings is 6. The maximum absolute atomic E-state index is 12.6. The minimum Gasteiger partial charge on any atom is -0.508 e. The van der Waals surface area contributed by atoms with Gasteiger partial charge in [-0.15, -0.1) is 0 Å². The summed E-state index contributed by atoms with van der Waals surface area (Å²) in [6, 6.07) is 35.4. The molecule has 0 amide bonds. The summed E-state index contributed by atoms with van der Waals surface area (Å²) >= 11 is 0. The monoisotopic (exact) mass is 1120 g/mol. The third-order valence-electron chi connectivity index (χ3n) is 15.8. The van der Waals surface area contributed by atoms with Gasteiger partial charge in [0.05, 0.1) is 11.1 Å². The van der Waals surface area contributed by atoms with E-state index in [1.54, 1.807) is 18.2 Å². The van der Waals surface area contributed by atoms with Crippen molar-refractivity contribution in [1.82, 2.24) is 29.9 Å². The van der Waals surface area contributed by atoms with Gasteiger partial charge in [-0.25, -0.2) is 29.9 Å². The van der Waals surface area contributed by atoms with Crippen LogP contribution in [0.5, 0.6) is 23.0 Å². The molecule has 12 heteroatoms. The number of carbonyl (C=O) groups excluding carboxylic acids is 1. The first-order valence-electron chi connectivity index (χ1n) is 29.3. The molecule has 0 saturated carbocycles. The summed E-state index contributed by atoms with van der Waals surface area (Å²) in [4.78, 5) is 41.8. The SMILES string of the molecule is C.CC.CC(CC(=O)Oc1ccc(-c2nc(-c3ccc4c(c3)CCCC4)nc(-c3ccc4c(c3)CCCC4)n2)c(O)c1)CC(C)(C)C.Oc1ccc(-c2nc(-c3ccc4c(c3)CCCC4)nc(-c3ccc4c(c3)CCCC4)n2)c(O)c1.P.[2HH]. The lowest BCUT2D eigenvalue weighted by Gasteiger charge is -2.22. The summed E-state index contributed by atoms with van der Waals surface area (Å²) in [7, 11) is 0. The molecule has 2 heterocycles. The van der Waals surface area contributed by atoms with Gasteiger partial charge in [0, 0.05) is 42.2 Å². The molecule has 2 atom stereocenters. The number of hydrogen-bond donors (Lipinski definition) is 3. The number of esters is 1. The van der Waals surface area contributed by atoms with Gasteiger partial charge in [-0.2, -0.15) is 9.90 Å². The molecule has 12 rings (SSSR count). The number of phenolic OH excluding ortho intramolecular Hbond substituents is 3. The Morgan fingerprint density at radius 3 is 1.11 bits per heavy atom. The van der Waals surface area contributed by atoms with E-state index in [-0.39, 0.29) is 53.3 Å². The van der Waals surface area contributed by atoms with E-state index in [9.17, 15) is 20.1 Å². The first-order chi connectivity index (χ1) is 38.7. The van der Waals surface area contributed by atoms with Crippen LogP contribution in [0.1, 0.15) is 159 Å². The second-order valence-electron chi connectivity index (χ2n) is 23.3. The number of aryl methyl sites for hydroxylation is 8. The first-order valence-corrected chi connectivity index (χ1v) is 29.3. The lowest BCUT2D eigenvalue weighted by atomic mass is 9.84. The topological polar surface area (TPSA) is 164 Å². The van der Waals surface area contributed by atoms with Crippen LogP contribution in [0.15, 0.2) is 109 Å². The van der Waals surface area contributed by atoms with Crippen LogP contribution in [0.2, 0.25) is 0 Å². The van der Waals surface area contributed by atoms with Crippen molar-refractivity contribution in [3.8, 4) is 91.3 Å². The van der Waals surface area contributed by atoms with E-state index in [4.69, 9.17) is 34.6 Å². The fraction of sp³-hybridized carbons (Fsp3) is 0.386. The Labute approximate surface area is 490 Å². The van der Waals surface area contributed by atoms with Crippen LogP contribution >= 0.6 is 9.90 Å². The zero-order valence-corrected chi connectivity index (χ0v) is 49.7. The molecule has 0 bridgehead atoms. The van der Waals surface area contributed by atoms with E-state index in [0.29, 0.717) is 58.2 Å². The fourth-order valence-corrected chi connectivity index (χ4v) is 12.0. The summed E-state index contributed by atoms with van der Waals surface area (Å²) in [5.74, 6) is 3.23. The molecule has 2 aromatic heterocycles. The van der Waals surface area contributed by atoms with Crippen molar-refractivity contribution >= 4 is 15.9 Å². The van der Waals surface area contributed by atoms with Gasteiger partial charge in [0.1, 0.15) is 23.0 Å². The summed E-state index contributed by atoms with van der Waals surface area (Å²) in [5, 5.41) is 31.4.